The number of fused-ring (bicyclic) bond motifs is 1. The summed E-state index contributed by atoms with van der Waals surface area (Å²) in [6.45, 7) is 0.946. The van der Waals surface area contributed by atoms with Gasteiger partial charge in [0, 0.05) is 0 Å². The molecule has 5 nitrogen and oxygen atoms in total. The molecule has 0 aliphatic heterocycles. The predicted molar refractivity (Wildman–Crippen MR) is 65.5 cm³/mol. The van der Waals surface area contributed by atoms with Crippen LogP contribution in [-0.4, -0.2) is 20.8 Å². The van der Waals surface area contributed by atoms with E-state index in [1.54, 1.807) is 0 Å². The lowest BCUT2D eigenvalue weighted by Gasteiger charge is -2.12. The second-order valence-electron chi connectivity index (χ2n) is 4.42. The number of nitrogens with zero attached hydrogens (tertiary/aromatic N) is 1. The molecule has 8 heteroatoms. The zero-order valence-corrected chi connectivity index (χ0v) is 10.4. The van der Waals surface area contributed by atoms with Gasteiger partial charge in [0.25, 0.3) is 5.56 Å². The molecule has 1 heterocycles. The number of H-pyrrole nitrogens is 1. The van der Waals surface area contributed by atoms with Crippen molar-refractivity contribution < 1.29 is 18.3 Å². The van der Waals surface area contributed by atoms with Crippen LogP contribution in [0.5, 0.6) is 0 Å². The summed E-state index contributed by atoms with van der Waals surface area (Å²) >= 11 is 0. The average Bonchev–Trinajstić information content (AvgIpc) is 2.32. The van der Waals surface area contributed by atoms with E-state index < -0.39 is 34.5 Å². The van der Waals surface area contributed by atoms with E-state index in [1.807, 2.05) is 0 Å². The molecule has 1 atom stereocenters. The van der Waals surface area contributed by atoms with Crippen LogP contribution in [0.25, 0.3) is 10.9 Å². The van der Waals surface area contributed by atoms with E-state index in [0.29, 0.717) is 4.57 Å². The fourth-order valence-electron chi connectivity index (χ4n) is 1.96. The van der Waals surface area contributed by atoms with Crippen LogP contribution in [0.3, 0.4) is 0 Å². The van der Waals surface area contributed by atoms with Gasteiger partial charge < -0.3 is 10.1 Å². The van der Waals surface area contributed by atoms with Gasteiger partial charge in [0.15, 0.2) is 0 Å². The van der Waals surface area contributed by atoms with Crippen molar-refractivity contribution in [1.82, 2.24) is 9.55 Å². The number of aromatic nitrogens is 2. The summed E-state index contributed by atoms with van der Waals surface area (Å²) in [6.07, 6.45) is -5.75. The number of aromatic amines is 1. The summed E-state index contributed by atoms with van der Waals surface area (Å²) in [4.78, 5) is 26.0. The third-order valence-corrected chi connectivity index (χ3v) is 2.76. The zero-order chi connectivity index (χ0) is 15.1. The van der Waals surface area contributed by atoms with E-state index in [0.717, 1.165) is 12.1 Å². The number of nitrogens with one attached hydrogen (secondary N) is 1. The number of halogens is 3. The number of aliphatic hydroxyl groups is 1. The van der Waals surface area contributed by atoms with Gasteiger partial charge in [-0.2, -0.15) is 13.2 Å². The van der Waals surface area contributed by atoms with Gasteiger partial charge in [-0.05, 0) is 19.1 Å². The van der Waals surface area contributed by atoms with E-state index in [-0.39, 0.29) is 12.1 Å². The number of benzene rings is 1. The number of alkyl halides is 3. The smallest absolute Gasteiger partial charge is 0.392 e. The maximum absolute atomic E-state index is 12.9. The van der Waals surface area contributed by atoms with Crippen molar-refractivity contribution in [2.24, 2.45) is 0 Å². The first kappa shape index (κ1) is 14.3. The maximum Gasteiger partial charge on any atom is 0.417 e. The largest absolute Gasteiger partial charge is 0.417 e. The van der Waals surface area contributed by atoms with Crippen LogP contribution in [0.1, 0.15) is 12.5 Å². The van der Waals surface area contributed by atoms with Crippen LogP contribution in [0.15, 0.2) is 27.8 Å². The molecule has 0 saturated heterocycles. The molecule has 20 heavy (non-hydrogen) atoms. The summed E-state index contributed by atoms with van der Waals surface area (Å²) < 4.78 is 39.3. The van der Waals surface area contributed by atoms with E-state index >= 15 is 0 Å². The first-order valence-corrected chi connectivity index (χ1v) is 5.73. The van der Waals surface area contributed by atoms with Crippen molar-refractivity contribution in [3.63, 3.8) is 0 Å². The molecular formula is C12H11F3N2O3. The number of hydrogen-bond donors (Lipinski definition) is 2. The summed E-state index contributed by atoms with van der Waals surface area (Å²) in [7, 11) is 0. The van der Waals surface area contributed by atoms with Crippen molar-refractivity contribution in [1.29, 1.82) is 0 Å². The SMILES string of the molecule is CC(O)Cn1c(=O)[nH]c2cccc(C(F)(F)F)c2c1=O. The van der Waals surface area contributed by atoms with Crippen molar-refractivity contribution in [3.8, 4) is 0 Å². The Morgan fingerprint density at radius 2 is 2.00 bits per heavy atom. The van der Waals surface area contributed by atoms with E-state index in [9.17, 15) is 27.9 Å². The lowest BCUT2D eigenvalue weighted by molar-refractivity contribution is -0.136. The third kappa shape index (κ3) is 2.46. The molecule has 1 aromatic carbocycles. The van der Waals surface area contributed by atoms with Gasteiger partial charge >= 0.3 is 11.9 Å². The van der Waals surface area contributed by atoms with Gasteiger partial charge in [-0.25, -0.2) is 4.79 Å². The first-order chi connectivity index (χ1) is 9.21. The molecule has 0 bridgehead atoms. The molecular weight excluding hydrogens is 277 g/mol. The Morgan fingerprint density at radius 3 is 2.55 bits per heavy atom. The topological polar surface area (TPSA) is 75.1 Å². The molecule has 0 amide bonds. The van der Waals surface area contributed by atoms with Crippen molar-refractivity contribution in [2.45, 2.75) is 25.7 Å². The molecule has 0 spiro atoms. The second-order valence-corrected chi connectivity index (χ2v) is 4.42. The van der Waals surface area contributed by atoms with Crippen LogP contribution in [0.4, 0.5) is 13.2 Å². The summed E-state index contributed by atoms with van der Waals surface area (Å²) in [5.74, 6) is 0. The summed E-state index contributed by atoms with van der Waals surface area (Å²) in [5.41, 5.74) is -3.23. The van der Waals surface area contributed by atoms with Crippen LogP contribution >= 0.6 is 0 Å². The Labute approximate surface area is 110 Å². The van der Waals surface area contributed by atoms with Gasteiger partial charge in [-0.3, -0.25) is 9.36 Å². The Hall–Kier alpha value is -2.09. The van der Waals surface area contributed by atoms with Gasteiger partial charge in [0.05, 0.1) is 29.1 Å². The number of hydrogen-bond acceptors (Lipinski definition) is 3. The zero-order valence-electron chi connectivity index (χ0n) is 10.4. The molecule has 0 radical (unpaired) electrons. The molecule has 0 aliphatic rings. The Bertz CT molecular complexity index is 759. The molecule has 1 unspecified atom stereocenters. The fourth-order valence-corrected chi connectivity index (χ4v) is 1.96. The molecule has 2 N–H and O–H groups in total. The number of aliphatic hydroxyl groups excluding tert-OH is 1. The number of rotatable bonds is 2. The van der Waals surface area contributed by atoms with Crippen molar-refractivity contribution in [2.75, 3.05) is 0 Å². The normalized spacial score (nSPS) is 13.7. The lowest BCUT2D eigenvalue weighted by Crippen LogP contribution is -2.38. The van der Waals surface area contributed by atoms with Gasteiger partial charge in [-0.15, -0.1) is 0 Å². The van der Waals surface area contributed by atoms with E-state index in [4.69, 9.17) is 0 Å². The molecule has 2 aromatic rings. The summed E-state index contributed by atoms with van der Waals surface area (Å²) in [5, 5.41) is 8.61. The Kier molecular flexibility index (Phi) is 3.43. The highest BCUT2D eigenvalue weighted by molar-refractivity contribution is 5.81. The minimum Gasteiger partial charge on any atom is -0.392 e. The minimum atomic E-state index is -4.71. The molecule has 2 rings (SSSR count). The fraction of sp³-hybridized carbons (Fsp3) is 0.333. The highest BCUT2D eigenvalue weighted by Crippen LogP contribution is 2.32. The minimum absolute atomic E-state index is 0.184. The first-order valence-electron chi connectivity index (χ1n) is 5.73. The van der Waals surface area contributed by atoms with Gasteiger partial charge in [0.2, 0.25) is 0 Å². The standard InChI is InChI=1S/C12H11F3N2O3/c1-6(18)5-17-10(19)9-7(12(13,14)15)3-2-4-8(9)16-11(17)20/h2-4,6,18H,5H2,1H3,(H,16,20). The molecule has 108 valence electrons. The monoisotopic (exact) mass is 288 g/mol. The Balaban J connectivity index is 2.89. The van der Waals surface area contributed by atoms with Crippen LogP contribution in [0, 0.1) is 0 Å². The quantitative estimate of drug-likeness (QED) is 0.868. The van der Waals surface area contributed by atoms with Crippen LogP contribution < -0.4 is 11.2 Å². The highest BCUT2D eigenvalue weighted by Gasteiger charge is 2.34. The average molecular weight is 288 g/mol. The lowest BCUT2D eigenvalue weighted by atomic mass is 10.1. The van der Waals surface area contributed by atoms with Crippen molar-refractivity contribution >= 4 is 10.9 Å². The van der Waals surface area contributed by atoms with Crippen LogP contribution in [0.2, 0.25) is 0 Å². The summed E-state index contributed by atoms with van der Waals surface area (Å²) in [6, 6.07) is 3.11. The molecule has 0 fully saturated rings. The van der Waals surface area contributed by atoms with E-state index in [1.165, 1.54) is 13.0 Å². The van der Waals surface area contributed by atoms with Gasteiger partial charge in [0.1, 0.15) is 0 Å². The van der Waals surface area contributed by atoms with Gasteiger partial charge in [-0.1, -0.05) is 6.07 Å². The molecule has 0 aliphatic carbocycles. The molecule has 0 saturated carbocycles. The maximum atomic E-state index is 12.9. The predicted octanol–water partition coefficient (Wildman–Crippen LogP) is 1.09. The van der Waals surface area contributed by atoms with Crippen LogP contribution in [-0.2, 0) is 12.7 Å². The third-order valence-electron chi connectivity index (χ3n) is 2.76. The Morgan fingerprint density at radius 1 is 1.35 bits per heavy atom. The highest BCUT2D eigenvalue weighted by atomic mass is 19.4. The van der Waals surface area contributed by atoms with E-state index in [2.05, 4.69) is 4.98 Å². The second kappa shape index (κ2) is 4.78. The molecule has 1 aromatic heterocycles. The van der Waals surface area contributed by atoms with Crippen molar-refractivity contribution in [3.05, 3.63) is 44.6 Å².